The first-order chi connectivity index (χ1) is 18.3. The normalized spacial score (nSPS) is 12.3. The summed E-state index contributed by atoms with van der Waals surface area (Å²) < 4.78 is 5.08. The summed E-state index contributed by atoms with van der Waals surface area (Å²) in [6, 6.07) is 13.2. The van der Waals surface area contributed by atoms with Crippen molar-refractivity contribution in [2.45, 2.75) is 19.9 Å². The van der Waals surface area contributed by atoms with Gasteiger partial charge >= 0.3 is 0 Å². The number of benzene rings is 1. The van der Waals surface area contributed by atoms with Gasteiger partial charge in [0.15, 0.2) is 5.82 Å². The molecule has 0 spiro atoms. The molecular formula is C28H25ClN8O. The van der Waals surface area contributed by atoms with Crippen molar-refractivity contribution >= 4 is 39.1 Å². The lowest BCUT2D eigenvalue weighted by Gasteiger charge is -2.21. The number of fused-ring (bicyclic) bond motifs is 3. The third-order valence-corrected chi connectivity index (χ3v) is 6.93. The molecule has 5 aromatic heterocycles. The van der Waals surface area contributed by atoms with E-state index in [0.29, 0.717) is 27.7 Å². The van der Waals surface area contributed by atoms with Crippen molar-refractivity contribution in [2.24, 2.45) is 14.1 Å². The standard InChI is InChI=1S/C28H25ClN8O/c1-16-11-19(17(2)33-22-8-9-23(29)34-26(22)18-13-31-35(3)15-18)25-20(12-16)28(38)36(4)27-21(25)14-32-37(27)24-7-5-6-10-30-24/h5-15,17,33H,1-4H3. The number of halogens is 1. The van der Waals surface area contributed by atoms with Crippen LogP contribution in [0.15, 0.2) is 72.0 Å². The highest BCUT2D eigenvalue weighted by Gasteiger charge is 2.21. The summed E-state index contributed by atoms with van der Waals surface area (Å²) in [7, 11) is 3.63. The summed E-state index contributed by atoms with van der Waals surface area (Å²) in [6.07, 6.45) is 7.18. The lowest BCUT2D eigenvalue weighted by molar-refractivity contribution is 0.768. The van der Waals surface area contributed by atoms with Crippen LogP contribution in [0.1, 0.15) is 24.1 Å². The number of aryl methyl sites for hydroxylation is 3. The minimum Gasteiger partial charge on any atom is -0.377 e. The van der Waals surface area contributed by atoms with Gasteiger partial charge in [0.1, 0.15) is 10.8 Å². The van der Waals surface area contributed by atoms with Crippen molar-refractivity contribution in [3.8, 4) is 17.1 Å². The van der Waals surface area contributed by atoms with Gasteiger partial charge in [-0.25, -0.2) is 9.97 Å². The quantitative estimate of drug-likeness (QED) is 0.311. The van der Waals surface area contributed by atoms with Gasteiger partial charge in [0.05, 0.1) is 23.8 Å². The van der Waals surface area contributed by atoms with Gasteiger partial charge in [0.2, 0.25) is 0 Å². The number of pyridine rings is 3. The van der Waals surface area contributed by atoms with Crippen LogP contribution in [0.3, 0.4) is 0 Å². The SMILES string of the molecule is Cc1cc(C(C)Nc2ccc(Cl)nc2-c2cnn(C)c2)c2c(c1)c(=O)n(C)c1c2cnn1-c1ccccn1. The molecule has 0 aliphatic heterocycles. The molecular weight excluding hydrogens is 500 g/mol. The second-order valence-electron chi connectivity index (χ2n) is 9.42. The van der Waals surface area contributed by atoms with Crippen LogP contribution in [0, 0.1) is 6.92 Å². The van der Waals surface area contributed by atoms with E-state index in [1.54, 1.807) is 39.4 Å². The van der Waals surface area contributed by atoms with Crippen LogP contribution in [0.2, 0.25) is 5.15 Å². The molecule has 0 radical (unpaired) electrons. The van der Waals surface area contributed by atoms with Crippen LogP contribution < -0.4 is 10.9 Å². The smallest absolute Gasteiger partial charge is 0.259 e. The molecule has 0 aliphatic rings. The Hall–Kier alpha value is -4.50. The van der Waals surface area contributed by atoms with Crippen molar-refractivity contribution < 1.29 is 0 Å². The summed E-state index contributed by atoms with van der Waals surface area (Å²) in [5, 5.41) is 15.3. The fourth-order valence-corrected chi connectivity index (χ4v) is 5.16. The van der Waals surface area contributed by atoms with E-state index >= 15 is 0 Å². The van der Waals surface area contributed by atoms with E-state index in [1.807, 2.05) is 56.7 Å². The lowest BCUT2D eigenvalue weighted by atomic mass is 9.95. The summed E-state index contributed by atoms with van der Waals surface area (Å²) in [5.41, 5.74) is 4.94. The molecule has 38 heavy (non-hydrogen) atoms. The average Bonchev–Trinajstić information content (AvgIpc) is 3.55. The van der Waals surface area contributed by atoms with Crippen molar-refractivity contribution in [1.82, 2.24) is 34.1 Å². The number of hydrogen-bond donors (Lipinski definition) is 1. The first-order valence-corrected chi connectivity index (χ1v) is 12.5. The van der Waals surface area contributed by atoms with E-state index < -0.39 is 0 Å². The molecule has 1 aromatic carbocycles. The highest BCUT2D eigenvalue weighted by Crippen LogP contribution is 2.35. The predicted molar refractivity (Wildman–Crippen MR) is 150 cm³/mol. The number of rotatable bonds is 5. The molecule has 0 aliphatic carbocycles. The first-order valence-electron chi connectivity index (χ1n) is 12.2. The molecule has 6 aromatic rings. The second-order valence-corrected chi connectivity index (χ2v) is 9.81. The van der Waals surface area contributed by atoms with Gasteiger partial charge in [-0.15, -0.1) is 0 Å². The number of aromatic nitrogens is 7. The average molecular weight is 525 g/mol. The highest BCUT2D eigenvalue weighted by molar-refractivity contribution is 6.29. The number of hydrogen-bond acceptors (Lipinski definition) is 6. The number of nitrogens with zero attached hydrogens (tertiary/aromatic N) is 7. The Morgan fingerprint density at radius 1 is 1.03 bits per heavy atom. The van der Waals surface area contributed by atoms with Gasteiger partial charge in [-0.2, -0.15) is 14.9 Å². The Bertz CT molecular complexity index is 1890. The molecule has 1 atom stereocenters. The molecule has 0 fully saturated rings. The van der Waals surface area contributed by atoms with Crippen LogP contribution in [-0.2, 0) is 14.1 Å². The van der Waals surface area contributed by atoms with Crippen LogP contribution in [0.4, 0.5) is 5.69 Å². The molecule has 0 saturated heterocycles. The van der Waals surface area contributed by atoms with Gasteiger partial charge in [-0.05, 0) is 55.3 Å². The minimum absolute atomic E-state index is 0.0912. The van der Waals surface area contributed by atoms with Gasteiger partial charge in [-0.1, -0.05) is 23.7 Å². The molecule has 9 nitrogen and oxygen atoms in total. The molecule has 190 valence electrons. The van der Waals surface area contributed by atoms with Gasteiger partial charge in [0, 0.05) is 54.3 Å². The van der Waals surface area contributed by atoms with E-state index in [-0.39, 0.29) is 11.6 Å². The Morgan fingerprint density at radius 2 is 1.87 bits per heavy atom. The first kappa shape index (κ1) is 23.9. The van der Waals surface area contributed by atoms with Gasteiger partial charge in [0.25, 0.3) is 5.56 Å². The third-order valence-electron chi connectivity index (χ3n) is 6.72. The fourth-order valence-electron chi connectivity index (χ4n) is 5.02. The summed E-state index contributed by atoms with van der Waals surface area (Å²) in [5.74, 6) is 0.644. The zero-order valence-corrected chi connectivity index (χ0v) is 22.1. The Kier molecular flexibility index (Phi) is 5.72. The summed E-state index contributed by atoms with van der Waals surface area (Å²) >= 11 is 6.26. The van der Waals surface area contributed by atoms with E-state index in [4.69, 9.17) is 11.6 Å². The molecule has 10 heteroatoms. The van der Waals surface area contributed by atoms with Crippen molar-refractivity contribution in [3.63, 3.8) is 0 Å². The van der Waals surface area contributed by atoms with E-state index in [1.165, 1.54) is 0 Å². The zero-order valence-electron chi connectivity index (χ0n) is 21.3. The van der Waals surface area contributed by atoms with Crippen LogP contribution in [0.25, 0.3) is 38.9 Å². The molecule has 0 saturated carbocycles. The minimum atomic E-state index is -0.177. The Balaban J connectivity index is 1.55. The molecule has 0 bridgehead atoms. The van der Waals surface area contributed by atoms with Gasteiger partial charge < -0.3 is 5.32 Å². The Labute approximate surface area is 223 Å². The number of anilines is 1. The fraction of sp³-hybridized carbons (Fsp3) is 0.179. The maximum absolute atomic E-state index is 13.6. The predicted octanol–water partition coefficient (Wildman–Crippen LogP) is 5.20. The van der Waals surface area contributed by atoms with E-state index in [2.05, 4.69) is 38.5 Å². The second kappa shape index (κ2) is 9.11. The molecule has 5 heterocycles. The zero-order chi connectivity index (χ0) is 26.6. The Morgan fingerprint density at radius 3 is 2.61 bits per heavy atom. The summed E-state index contributed by atoms with van der Waals surface area (Å²) in [6.45, 7) is 4.07. The highest BCUT2D eigenvalue weighted by atomic mass is 35.5. The lowest BCUT2D eigenvalue weighted by Crippen LogP contribution is -2.20. The van der Waals surface area contributed by atoms with Gasteiger partial charge in [-0.3, -0.25) is 14.0 Å². The van der Waals surface area contributed by atoms with Crippen molar-refractivity contribution in [1.29, 1.82) is 0 Å². The molecule has 1 N–H and O–H groups in total. The van der Waals surface area contributed by atoms with Crippen LogP contribution >= 0.6 is 11.6 Å². The summed E-state index contributed by atoms with van der Waals surface area (Å²) in [4.78, 5) is 22.7. The topological polar surface area (TPSA) is 95.5 Å². The van der Waals surface area contributed by atoms with E-state index in [9.17, 15) is 4.79 Å². The third kappa shape index (κ3) is 3.92. The maximum Gasteiger partial charge on any atom is 0.259 e. The largest absolute Gasteiger partial charge is 0.377 e. The molecule has 6 rings (SSSR count). The van der Waals surface area contributed by atoms with Crippen molar-refractivity contribution in [2.75, 3.05) is 5.32 Å². The van der Waals surface area contributed by atoms with E-state index in [0.717, 1.165) is 33.2 Å². The maximum atomic E-state index is 13.6. The number of nitrogens with one attached hydrogen (secondary N) is 1. The van der Waals surface area contributed by atoms with Crippen molar-refractivity contribution in [3.05, 3.63) is 93.9 Å². The van der Waals surface area contributed by atoms with Crippen LogP contribution in [0.5, 0.6) is 0 Å². The monoisotopic (exact) mass is 524 g/mol. The van der Waals surface area contributed by atoms with Crippen LogP contribution in [-0.4, -0.2) is 34.1 Å². The molecule has 0 amide bonds. The molecule has 1 unspecified atom stereocenters.